The summed E-state index contributed by atoms with van der Waals surface area (Å²) in [6, 6.07) is 12.5. The molecule has 0 radical (unpaired) electrons. The third-order valence-electron chi connectivity index (χ3n) is 3.76. The third kappa shape index (κ3) is 3.09. The smallest absolute Gasteiger partial charge is 0.239 e. The maximum atomic E-state index is 12.8. The van der Waals surface area contributed by atoms with Crippen LogP contribution in [0.25, 0.3) is 0 Å². The highest BCUT2D eigenvalue weighted by Crippen LogP contribution is 2.31. The zero-order chi connectivity index (χ0) is 15.7. The van der Waals surface area contributed by atoms with Gasteiger partial charge in [0.15, 0.2) is 0 Å². The van der Waals surface area contributed by atoms with Crippen LogP contribution in [0.4, 0.5) is 5.69 Å². The fourth-order valence-corrected chi connectivity index (χ4v) is 4.94. The number of fused-ring (bicyclic) bond motifs is 1. The van der Waals surface area contributed by atoms with E-state index in [9.17, 15) is 8.42 Å². The van der Waals surface area contributed by atoms with Crippen LogP contribution in [0.1, 0.15) is 17.5 Å². The summed E-state index contributed by atoms with van der Waals surface area (Å²) in [6.07, 6.45) is 1.73. The summed E-state index contributed by atoms with van der Waals surface area (Å²) in [5.74, 6) is -0.128. The van der Waals surface area contributed by atoms with Crippen molar-refractivity contribution in [1.29, 1.82) is 0 Å². The predicted molar refractivity (Wildman–Crippen MR) is 91.2 cm³/mol. The van der Waals surface area contributed by atoms with Gasteiger partial charge in [-0.25, -0.2) is 8.42 Å². The largest absolute Gasteiger partial charge is 0.270 e. The summed E-state index contributed by atoms with van der Waals surface area (Å²) in [4.78, 5) is 0. The van der Waals surface area contributed by atoms with Crippen molar-refractivity contribution in [2.45, 2.75) is 18.6 Å². The van der Waals surface area contributed by atoms with E-state index in [2.05, 4.69) is 0 Å². The van der Waals surface area contributed by atoms with Crippen LogP contribution in [-0.4, -0.2) is 15.0 Å². The lowest BCUT2D eigenvalue weighted by molar-refractivity contribution is 0.586. The first kappa shape index (κ1) is 15.7. The monoisotopic (exact) mass is 355 g/mol. The van der Waals surface area contributed by atoms with Crippen LogP contribution in [0, 0.1) is 0 Å². The van der Waals surface area contributed by atoms with E-state index in [1.54, 1.807) is 18.2 Å². The lowest BCUT2D eigenvalue weighted by atomic mass is 10.0. The van der Waals surface area contributed by atoms with Crippen LogP contribution in [0.15, 0.2) is 42.5 Å². The van der Waals surface area contributed by atoms with Crippen molar-refractivity contribution in [2.75, 3.05) is 10.8 Å². The first-order valence-electron chi connectivity index (χ1n) is 6.99. The second kappa shape index (κ2) is 6.11. The Morgan fingerprint density at radius 3 is 2.64 bits per heavy atom. The van der Waals surface area contributed by atoms with Crippen LogP contribution in [0.5, 0.6) is 0 Å². The molecule has 1 aliphatic heterocycles. The van der Waals surface area contributed by atoms with Crippen LogP contribution in [-0.2, 0) is 22.2 Å². The molecule has 0 saturated carbocycles. The number of anilines is 1. The predicted octanol–water partition coefficient (Wildman–Crippen LogP) is 4.28. The van der Waals surface area contributed by atoms with Gasteiger partial charge >= 0.3 is 0 Å². The molecule has 0 aliphatic carbocycles. The Kier molecular flexibility index (Phi) is 4.35. The standard InChI is InChI=1S/C16H15Cl2NO2S/c17-14-8-7-13(15(18)10-14)11-22(20,21)19-9-3-5-12-4-1-2-6-16(12)19/h1-2,4,6-8,10H,3,5,9,11H2. The highest BCUT2D eigenvalue weighted by atomic mass is 35.5. The lowest BCUT2D eigenvalue weighted by Crippen LogP contribution is -2.36. The van der Waals surface area contributed by atoms with E-state index in [1.165, 1.54) is 4.31 Å². The molecule has 0 aromatic heterocycles. The molecule has 6 heteroatoms. The highest BCUT2D eigenvalue weighted by Gasteiger charge is 2.27. The molecule has 0 amide bonds. The van der Waals surface area contributed by atoms with Gasteiger partial charge in [0.2, 0.25) is 10.0 Å². The van der Waals surface area contributed by atoms with Crippen molar-refractivity contribution < 1.29 is 8.42 Å². The average Bonchev–Trinajstić information content (AvgIpc) is 2.49. The number of halogens is 2. The number of nitrogens with zero attached hydrogens (tertiary/aromatic N) is 1. The van der Waals surface area contributed by atoms with E-state index >= 15 is 0 Å². The van der Waals surface area contributed by atoms with Crippen molar-refractivity contribution in [3.8, 4) is 0 Å². The summed E-state index contributed by atoms with van der Waals surface area (Å²) in [6.45, 7) is 0.505. The van der Waals surface area contributed by atoms with Crippen LogP contribution in [0.2, 0.25) is 10.0 Å². The normalized spacial score (nSPS) is 14.7. The molecule has 116 valence electrons. The molecule has 0 spiro atoms. The van der Waals surface area contributed by atoms with Crippen molar-refractivity contribution in [1.82, 2.24) is 0 Å². The van der Waals surface area contributed by atoms with Crippen molar-refractivity contribution in [2.24, 2.45) is 0 Å². The quantitative estimate of drug-likeness (QED) is 0.823. The number of sulfonamides is 1. The van der Waals surface area contributed by atoms with Gasteiger partial charge in [0, 0.05) is 16.6 Å². The number of hydrogen-bond acceptors (Lipinski definition) is 2. The van der Waals surface area contributed by atoms with Gasteiger partial charge in [-0.2, -0.15) is 0 Å². The van der Waals surface area contributed by atoms with E-state index in [4.69, 9.17) is 23.2 Å². The minimum atomic E-state index is -3.48. The second-order valence-electron chi connectivity index (χ2n) is 5.30. The molecule has 0 bridgehead atoms. The van der Waals surface area contributed by atoms with Gasteiger partial charge in [-0.05, 0) is 42.2 Å². The van der Waals surface area contributed by atoms with Gasteiger partial charge in [-0.1, -0.05) is 47.5 Å². The molecule has 2 aromatic rings. The molecule has 3 rings (SSSR count). The molecule has 0 saturated heterocycles. The number of hydrogen-bond donors (Lipinski definition) is 0. The molecule has 2 aromatic carbocycles. The summed E-state index contributed by atoms with van der Waals surface area (Å²) in [7, 11) is -3.48. The highest BCUT2D eigenvalue weighted by molar-refractivity contribution is 7.92. The Balaban J connectivity index is 1.94. The molecule has 0 atom stereocenters. The Morgan fingerprint density at radius 2 is 1.86 bits per heavy atom. The van der Waals surface area contributed by atoms with Gasteiger partial charge in [-0.3, -0.25) is 4.31 Å². The molecule has 22 heavy (non-hydrogen) atoms. The Bertz CT molecular complexity index is 806. The number of para-hydroxylation sites is 1. The van der Waals surface area contributed by atoms with Crippen LogP contribution < -0.4 is 4.31 Å². The summed E-state index contributed by atoms with van der Waals surface area (Å²) in [5, 5.41) is 0.871. The average molecular weight is 356 g/mol. The van der Waals surface area contributed by atoms with E-state index in [-0.39, 0.29) is 5.75 Å². The van der Waals surface area contributed by atoms with Gasteiger partial charge in [0.05, 0.1) is 11.4 Å². The minimum Gasteiger partial charge on any atom is -0.270 e. The maximum absolute atomic E-state index is 12.8. The van der Waals surface area contributed by atoms with Gasteiger partial charge in [0.1, 0.15) is 0 Å². The van der Waals surface area contributed by atoms with E-state index in [0.717, 1.165) is 24.1 Å². The van der Waals surface area contributed by atoms with Crippen LogP contribution >= 0.6 is 23.2 Å². The van der Waals surface area contributed by atoms with Gasteiger partial charge < -0.3 is 0 Å². The SMILES string of the molecule is O=S(=O)(Cc1ccc(Cl)cc1Cl)N1CCCc2ccccc21. The van der Waals surface area contributed by atoms with Gasteiger partial charge in [0.25, 0.3) is 0 Å². The topological polar surface area (TPSA) is 37.4 Å². The zero-order valence-corrected chi connectivity index (χ0v) is 14.1. The molecule has 1 heterocycles. The third-order valence-corrected chi connectivity index (χ3v) is 6.07. The minimum absolute atomic E-state index is 0.128. The van der Waals surface area contributed by atoms with Crippen LogP contribution in [0.3, 0.4) is 0 Å². The molecule has 0 fully saturated rings. The first-order valence-corrected chi connectivity index (χ1v) is 9.36. The van der Waals surface area contributed by atoms with Crippen molar-refractivity contribution in [3.63, 3.8) is 0 Å². The van der Waals surface area contributed by atoms with E-state index < -0.39 is 10.0 Å². The second-order valence-corrected chi connectivity index (χ2v) is 8.03. The molecular formula is C16H15Cl2NO2S. The number of rotatable bonds is 3. The molecule has 0 unspecified atom stereocenters. The van der Waals surface area contributed by atoms with E-state index in [1.807, 2.05) is 24.3 Å². The Hall–Kier alpha value is -1.23. The van der Waals surface area contributed by atoms with Gasteiger partial charge in [-0.15, -0.1) is 0 Å². The lowest BCUT2D eigenvalue weighted by Gasteiger charge is -2.30. The fourth-order valence-electron chi connectivity index (χ4n) is 2.70. The molecule has 3 nitrogen and oxygen atoms in total. The summed E-state index contributed by atoms with van der Waals surface area (Å²) >= 11 is 12.0. The Labute approximate surface area is 140 Å². The number of aryl methyl sites for hydroxylation is 1. The fraction of sp³-hybridized carbons (Fsp3) is 0.250. The van der Waals surface area contributed by atoms with Crippen molar-refractivity contribution in [3.05, 3.63) is 63.6 Å². The summed E-state index contributed by atoms with van der Waals surface area (Å²) < 4.78 is 27.1. The Morgan fingerprint density at radius 1 is 1.09 bits per heavy atom. The maximum Gasteiger partial charge on any atom is 0.239 e. The van der Waals surface area contributed by atoms with E-state index in [0.29, 0.717) is 22.2 Å². The molecule has 1 aliphatic rings. The molecular weight excluding hydrogens is 341 g/mol. The number of benzene rings is 2. The van der Waals surface area contributed by atoms with Crippen molar-refractivity contribution >= 4 is 38.9 Å². The molecule has 0 N–H and O–H groups in total. The first-order chi connectivity index (χ1) is 10.5. The zero-order valence-electron chi connectivity index (χ0n) is 11.8. The summed E-state index contributed by atoms with van der Waals surface area (Å²) in [5.41, 5.74) is 2.41.